The molecule has 0 saturated carbocycles. The van der Waals surface area contributed by atoms with E-state index in [9.17, 15) is 4.79 Å². The number of aryl methyl sites for hydroxylation is 1. The summed E-state index contributed by atoms with van der Waals surface area (Å²) in [5.41, 5.74) is 3.46. The number of rotatable bonds is 2. The molecule has 0 radical (unpaired) electrons. The molecule has 0 atom stereocenters. The van der Waals surface area contributed by atoms with Gasteiger partial charge in [-0.25, -0.2) is 4.79 Å². The van der Waals surface area contributed by atoms with Gasteiger partial charge >= 0.3 is 5.97 Å². The van der Waals surface area contributed by atoms with Gasteiger partial charge in [-0.05, 0) is 30.2 Å². The smallest absolute Gasteiger partial charge is 0.335 e. The zero-order valence-electron chi connectivity index (χ0n) is 11.0. The van der Waals surface area contributed by atoms with Crippen molar-refractivity contribution in [3.63, 3.8) is 0 Å². The molecular formula is C16H18O2. The highest BCUT2D eigenvalue weighted by atomic mass is 16.4. The fourth-order valence-corrected chi connectivity index (χ4v) is 1.66. The molecular weight excluding hydrogens is 224 g/mol. The van der Waals surface area contributed by atoms with E-state index in [-0.39, 0.29) is 0 Å². The van der Waals surface area contributed by atoms with Crippen LogP contribution in [0.3, 0.4) is 0 Å². The third-order valence-corrected chi connectivity index (χ3v) is 2.46. The highest BCUT2D eigenvalue weighted by Crippen LogP contribution is 2.21. The van der Waals surface area contributed by atoms with Crippen LogP contribution in [0.25, 0.3) is 11.1 Å². The molecule has 0 aliphatic heterocycles. The third kappa shape index (κ3) is 3.45. The Labute approximate surface area is 108 Å². The van der Waals surface area contributed by atoms with Gasteiger partial charge in [0.1, 0.15) is 0 Å². The van der Waals surface area contributed by atoms with Gasteiger partial charge in [-0.1, -0.05) is 55.8 Å². The molecule has 0 aliphatic carbocycles. The van der Waals surface area contributed by atoms with Gasteiger partial charge in [0.2, 0.25) is 0 Å². The van der Waals surface area contributed by atoms with E-state index >= 15 is 0 Å². The van der Waals surface area contributed by atoms with E-state index in [0.29, 0.717) is 5.56 Å². The van der Waals surface area contributed by atoms with Crippen molar-refractivity contribution in [1.29, 1.82) is 0 Å². The first-order chi connectivity index (χ1) is 8.66. The number of carbonyl (C=O) groups is 1. The zero-order valence-corrected chi connectivity index (χ0v) is 11.0. The number of hydrogen-bond acceptors (Lipinski definition) is 1. The number of hydrogen-bond donors (Lipinski definition) is 1. The van der Waals surface area contributed by atoms with Crippen LogP contribution in [0.2, 0.25) is 0 Å². The minimum Gasteiger partial charge on any atom is -0.478 e. The molecule has 94 valence electrons. The van der Waals surface area contributed by atoms with Gasteiger partial charge in [0.25, 0.3) is 0 Å². The summed E-state index contributed by atoms with van der Waals surface area (Å²) in [6, 6.07) is 15.0. The molecule has 0 amide bonds. The number of benzene rings is 2. The minimum atomic E-state index is -0.894. The zero-order chi connectivity index (χ0) is 13.5. The van der Waals surface area contributed by atoms with E-state index in [1.54, 1.807) is 18.2 Å². The first-order valence-corrected chi connectivity index (χ1v) is 6.07. The van der Waals surface area contributed by atoms with E-state index in [1.807, 2.05) is 51.1 Å². The fourth-order valence-electron chi connectivity index (χ4n) is 1.66. The first kappa shape index (κ1) is 14.0. The predicted octanol–water partition coefficient (Wildman–Crippen LogP) is 4.39. The van der Waals surface area contributed by atoms with Gasteiger partial charge < -0.3 is 5.11 Å². The van der Waals surface area contributed by atoms with Crippen molar-refractivity contribution in [3.8, 4) is 11.1 Å². The predicted molar refractivity (Wildman–Crippen MR) is 74.9 cm³/mol. The maximum atomic E-state index is 10.9. The largest absolute Gasteiger partial charge is 0.478 e. The van der Waals surface area contributed by atoms with Gasteiger partial charge in [0.15, 0.2) is 0 Å². The second-order valence-corrected chi connectivity index (χ2v) is 3.76. The van der Waals surface area contributed by atoms with Crippen LogP contribution in [-0.4, -0.2) is 11.1 Å². The van der Waals surface area contributed by atoms with Crippen molar-refractivity contribution < 1.29 is 9.90 Å². The lowest BCUT2D eigenvalue weighted by molar-refractivity contribution is 0.0697. The monoisotopic (exact) mass is 242 g/mol. The molecule has 2 aromatic carbocycles. The summed E-state index contributed by atoms with van der Waals surface area (Å²) in [5, 5.41) is 8.91. The Bertz CT molecular complexity index is 530. The fraction of sp³-hybridized carbons (Fsp3) is 0.188. The molecule has 1 N–H and O–H groups in total. The average Bonchev–Trinajstić information content (AvgIpc) is 2.41. The Morgan fingerprint density at radius 3 is 2.06 bits per heavy atom. The van der Waals surface area contributed by atoms with Crippen LogP contribution >= 0.6 is 0 Å². The second-order valence-electron chi connectivity index (χ2n) is 3.76. The summed E-state index contributed by atoms with van der Waals surface area (Å²) in [6.07, 6.45) is 0. The lowest BCUT2D eigenvalue weighted by Crippen LogP contribution is -1.95. The van der Waals surface area contributed by atoms with Crippen molar-refractivity contribution in [1.82, 2.24) is 0 Å². The lowest BCUT2D eigenvalue weighted by atomic mass is 10.0. The lowest BCUT2D eigenvalue weighted by Gasteiger charge is -2.03. The molecule has 2 heteroatoms. The van der Waals surface area contributed by atoms with Gasteiger partial charge in [0.05, 0.1) is 5.56 Å². The SMILES string of the molecule is CC.Cc1cccc(-c2cccc(C(=O)O)c2)c1. The Morgan fingerprint density at radius 2 is 1.50 bits per heavy atom. The summed E-state index contributed by atoms with van der Waals surface area (Å²) in [6.45, 7) is 6.02. The van der Waals surface area contributed by atoms with Crippen LogP contribution in [0.4, 0.5) is 0 Å². The highest BCUT2D eigenvalue weighted by molar-refractivity contribution is 5.89. The molecule has 0 aliphatic rings. The van der Waals surface area contributed by atoms with Crippen LogP contribution in [0, 0.1) is 6.92 Å². The van der Waals surface area contributed by atoms with Gasteiger partial charge in [-0.3, -0.25) is 0 Å². The van der Waals surface area contributed by atoms with E-state index in [1.165, 1.54) is 5.56 Å². The topological polar surface area (TPSA) is 37.3 Å². The molecule has 0 unspecified atom stereocenters. The molecule has 2 rings (SSSR count). The average molecular weight is 242 g/mol. The molecule has 0 fully saturated rings. The summed E-state index contributed by atoms with van der Waals surface area (Å²) in [5.74, 6) is -0.894. The highest BCUT2D eigenvalue weighted by Gasteiger charge is 2.04. The number of carboxylic acids is 1. The molecule has 2 nitrogen and oxygen atoms in total. The normalized spacial score (nSPS) is 9.28. The Kier molecular flexibility index (Phi) is 5.12. The van der Waals surface area contributed by atoms with Crippen LogP contribution in [-0.2, 0) is 0 Å². The van der Waals surface area contributed by atoms with Crippen LogP contribution in [0.5, 0.6) is 0 Å². The van der Waals surface area contributed by atoms with Crippen LogP contribution in [0.15, 0.2) is 48.5 Å². The molecule has 18 heavy (non-hydrogen) atoms. The maximum Gasteiger partial charge on any atom is 0.335 e. The molecule has 0 saturated heterocycles. The quantitative estimate of drug-likeness (QED) is 0.848. The number of carboxylic acid groups (broad SMARTS) is 1. The van der Waals surface area contributed by atoms with Gasteiger partial charge in [-0.2, -0.15) is 0 Å². The van der Waals surface area contributed by atoms with Gasteiger partial charge in [0, 0.05) is 0 Å². The van der Waals surface area contributed by atoms with Crippen LogP contribution in [0.1, 0.15) is 29.8 Å². The molecule has 0 heterocycles. The molecule has 0 spiro atoms. The van der Waals surface area contributed by atoms with Crippen LogP contribution < -0.4 is 0 Å². The second kappa shape index (κ2) is 6.60. The summed E-state index contributed by atoms with van der Waals surface area (Å²) < 4.78 is 0. The first-order valence-electron chi connectivity index (χ1n) is 6.07. The van der Waals surface area contributed by atoms with E-state index in [0.717, 1.165) is 11.1 Å². The molecule has 2 aromatic rings. The van der Waals surface area contributed by atoms with Gasteiger partial charge in [-0.15, -0.1) is 0 Å². The minimum absolute atomic E-state index is 0.319. The van der Waals surface area contributed by atoms with Crippen molar-refractivity contribution in [3.05, 3.63) is 59.7 Å². The standard InChI is InChI=1S/C14H12O2.C2H6/c1-10-4-2-5-11(8-10)12-6-3-7-13(9-12)14(15)16;1-2/h2-9H,1H3,(H,15,16);1-2H3. The van der Waals surface area contributed by atoms with E-state index in [4.69, 9.17) is 5.11 Å². The Morgan fingerprint density at radius 1 is 0.944 bits per heavy atom. The summed E-state index contributed by atoms with van der Waals surface area (Å²) in [7, 11) is 0. The van der Waals surface area contributed by atoms with Crippen molar-refractivity contribution in [2.24, 2.45) is 0 Å². The van der Waals surface area contributed by atoms with E-state index in [2.05, 4.69) is 0 Å². The molecule has 0 bridgehead atoms. The van der Waals surface area contributed by atoms with E-state index < -0.39 is 5.97 Å². The van der Waals surface area contributed by atoms with Crippen molar-refractivity contribution >= 4 is 5.97 Å². The number of aromatic carboxylic acids is 1. The summed E-state index contributed by atoms with van der Waals surface area (Å²) in [4.78, 5) is 10.9. The maximum absolute atomic E-state index is 10.9. The Hall–Kier alpha value is -2.09. The van der Waals surface area contributed by atoms with Crippen molar-refractivity contribution in [2.75, 3.05) is 0 Å². The molecule has 0 aromatic heterocycles. The third-order valence-electron chi connectivity index (χ3n) is 2.46. The summed E-state index contributed by atoms with van der Waals surface area (Å²) >= 11 is 0. The van der Waals surface area contributed by atoms with Crippen molar-refractivity contribution in [2.45, 2.75) is 20.8 Å². The Balaban J connectivity index is 0.000000771.